The molecule has 0 heterocycles. The number of benzene rings is 2. The van der Waals surface area contributed by atoms with Crippen LogP contribution in [0, 0.1) is 0 Å². The normalized spacial score (nSPS) is 15.7. The Balaban J connectivity index is 0.000000423. The molecule has 1 aliphatic carbocycles. The van der Waals surface area contributed by atoms with E-state index < -0.39 is 0 Å². The van der Waals surface area contributed by atoms with E-state index in [0.29, 0.717) is 22.9 Å². The molecule has 2 aromatic rings. The van der Waals surface area contributed by atoms with E-state index in [1.165, 1.54) is 37.7 Å². The molecule has 0 amide bonds. The molecule has 38 heavy (non-hydrogen) atoms. The van der Waals surface area contributed by atoms with Gasteiger partial charge < -0.3 is 20.7 Å². The first kappa shape index (κ1) is 32.8. The van der Waals surface area contributed by atoms with E-state index in [9.17, 15) is 0 Å². The van der Waals surface area contributed by atoms with Gasteiger partial charge in [0.1, 0.15) is 12.4 Å². The number of thioether (sulfide) groups is 1. The van der Waals surface area contributed by atoms with Crippen LogP contribution in [0.15, 0.2) is 66.2 Å². The first-order valence-corrected chi connectivity index (χ1v) is 16.0. The summed E-state index contributed by atoms with van der Waals surface area (Å²) in [4.78, 5) is 6.45. The monoisotopic (exact) mass is 636 g/mol. The number of amidine groups is 1. The van der Waals surface area contributed by atoms with Crippen LogP contribution < -0.4 is 15.8 Å². The molecule has 3 N–H and O–H groups in total. The SMILES string of the molecule is C=C(CBr)c1ccccc1.CC(COc1ccc(NC(=S)/N=C(\N)SCC2(P)CCCCC2)cc1)N(C)C. The molecule has 0 bridgehead atoms. The number of hydrogen-bond donors (Lipinski definition) is 2. The molecule has 2 aromatic carbocycles. The van der Waals surface area contributed by atoms with Crippen molar-refractivity contribution in [1.82, 2.24) is 4.90 Å². The number of halogens is 1. The van der Waals surface area contributed by atoms with Gasteiger partial charge in [-0.25, -0.2) is 0 Å². The summed E-state index contributed by atoms with van der Waals surface area (Å²) < 4.78 is 5.80. The Morgan fingerprint density at radius 1 is 1.18 bits per heavy atom. The minimum atomic E-state index is 0.290. The topological polar surface area (TPSA) is 62.9 Å². The maximum absolute atomic E-state index is 6.07. The number of nitrogens with one attached hydrogen (secondary N) is 1. The molecule has 0 aromatic heterocycles. The fourth-order valence-electron chi connectivity index (χ4n) is 3.65. The molecule has 0 aliphatic heterocycles. The summed E-state index contributed by atoms with van der Waals surface area (Å²) in [6.07, 6.45) is 6.42. The highest BCUT2D eigenvalue weighted by Crippen LogP contribution is 2.38. The van der Waals surface area contributed by atoms with Gasteiger partial charge in [-0.05, 0) is 86.6 Å². The van der Waals surface area contributed by atoms with Crippen LogP contribution in [0.25, 0.3) is 5.57 Å². The maximum atomic E-state index is 6.07. The molecular weight excluding hydrogens is 595 g/mol. The lowest BCUT2D eigenvalue weighted by molar-refractivity contribution is 0.198. The number of nitrogens with two attached hydrogens (primary N) is 1. The molecule has 2 unspecified atom stereocenters. The Hall–Kier alpha value is -1.44. The predicted molar refractivity (Wildman–Crippen MR) is 180 cm³/mol. The van der Waals surface area contributed by atoms with Gasteiger partial charge in [-0.2, -0.15) is 4.99 Å². The fraction of sp³-hybridized carbons (Fsp3) is 0.448. The Morgan fingerprint density at radius 2 is 1.82 bits per heavy atom. The molecule has 3 rings (SSSR count). The lowest BCUT2D eigenvalue weighted by Crippen LogP contribution is -2.30. The summed E-state index contributed by atoms with van der Waals surface area (Å²) >= 11 is 10.3. The zero-order chi connectivity index (χ0) is 28.0. The van der Waals surface area contributed by atoms with E-state index in [1.807, 2.05) is 56.6 Å². The zero-order valence-corrected chi connectivity index (χ0v) is 27.2. The van der Waals surface area contributed by atoms with Crippen LogP contribution in [-0.2, 0) is 0 Å². The average molecular weight is 638 g/mol. The number of anilines is 1. The van der Waals surface area contributed by atoms with Gasteiger partial charge in [0.25, 0.3) is 0 Å². The molecule has 0 saturated heterocycles. The van der Waals surface area contributed by atoms with Crippen LogP contribution >= 0.6 is 49.1 Å². The zero-order valence-electron chi connectivity index (χ0n) is 22.8. The van der Waals surface area contributed by atoms with Crippen molar-refractivity contribution in [2.75, 3.05) is 37.1 Å². The second kappa shape index (κ2) is 17.3. The van der Waals surface area contributed by atoms with Gasteiger partial charge in [0, 0.05) is 22.8 Å². The number of likely N-dealkylation sites (N-methyl/N-ethyl adjacent to an activating group) is 1. The van der Waals surface area contributed by atoms with Gasteiger partial charge in [0.05, 0.1) is 0 Å². The minimum absolute atomic E-state index is 0.290. The third kappa shape index (κ3) is 12.6. The van der Waals surface area contributed by atoms with Crippen molar-refractivity contribution >= 4 is 70.7 Å². The van der Waals surface area contributed by atoms with Crippen LogP contribution in [0.3, 0.4) is 0 Å². The van der Waals surface area contributed by atoms with E-state index in [1.54, 1.807) is 11.8 Å². The average Bonchev–Trinajstić information content (AvgIpc) is 2.92. The van der Waals surface area contributed by atoms with Crippen molar-refractivity contribution in [3.8, 4) is 5.75 Å². The molecule has 208 valence electrons. The molecule has 2 atom stereocenters. The predicted octanol–water partition coefficient (Wildman–Crippen LogP) is 7.43. The Labute approximate surface area is 249 Å². The van der Waals surface area contributed by atoms with Gasteiger partial charge in [-0.1, -0.05) is 83.9 Å². The summed E-state index contributed by atoms with van der Waals surface area (Å²) in [7, 11) is 7.12. The van der Waals surface area contributed by atoms with Crippen LogP contribution in [0.1, 0.15) is 44.6 Å². The summed E-state index contributed by atoms with van der Waals surface area (Å²) in [6.45, 7) is 6.67. The maximum Gasteiger partial charge on any atom is 0.199 e. The largest absolute Gasteiger partial charge is 0.492 e. The minimum Gasteiger partial charge on any atom is -0.492 e. The third-order valence-electron chi connectivity index (χ3n) is 6.39. The first-order chi connectivity index (χ1) is 18.1. The number of hydrogen-bond acceptors (Lipinski definition) is 4. The summed E-state index contributed by atoms with van der Waals surface area (Å²) in [6, 6.07) is 18.2. The van der Waals surface area contributed by atoms with Crippen molar-refractivity contribution < 1.29 is 4.74 Å². The smallest absolute Gasteiger partial charge is 0.199 e. The highest BCUT2D eigenvalue weighted by atomic mass is 79.9. The second-order valence-corrected chi connectivity index (χ2v) is 13.0. The lowest BCUT2D eigenvalue weighted by atomic mass is 9.90. The van der Waals surface area contributed by atoms with Crippen molar-refractivity contribution in [3.63, 3.8) is 0 Å². The lowest BCUT2D eigenvalue weighted by Gasteiger charge is -2.32. The van der Waals surface area contributed by atoms with E-state index in [4.69, 9.17) is 22.7 Å². The van der Waals surface area contributed by atoms with Crippen LogP contribution in [0.2, 0.25) is 0 Å². The van der Waals surface area contributed by atoms with Crippen molar-refractivity contribution in [2.24, 2.45) is 10.7 Å². The first-order valence-electron chi connectivity index (χ1n) is 12.9. The Bertz CT molecular complexity index is 1030. The van der Waals surface area contributed by atoms with Gasteiger partial charge in [0.2, 0.25) is 0 Å². The van der Waals surface area contributed by atoms with Crippen LogP contribution in [0.4, 0.5) is 5.69 Å². The summed E-state index contributed by atoms with van der Waals surface area (Å²) in [5.74, 6) is 1.80. The van der Waals surface area contributed by atoms with Crippen LogP contribution in [-0.4, -0.2) is 58.2 Å². The molecule has 1 fully saturated rings. The highest BCUT2D eigenvalue weighted by molar-refractivity contribution is 9.09. The highest BCUT2D eigenvalue weighted by Gasteiger charge is 2.27. The molecular formula is C29H42BrN4OPS2. The number of ether oxygens (including phenoxy) is 1. The van der Waals surface area contributed by atoms with E-state index in [0.717, 1.165) is 28.1 Å². The van der Waals surface area contributed by atoms with Crippen molar-refractivity contribution in [1.29, 1.82) is 0 Å². The number of allylic oxidation sites excluding steroid dienone is 1. The van der Waals surface area contributed by atoms with Gasteiger partial charge in [0.15, 0.2) is 10.3 Å². The molecule has 5 nitrogen and oxygen atoms in total. The van der Waals surface area contributed by atoms with E-state index >= 15 is 0 Å². The fourth-order valence-corrected chi connectivity index (χ4v) is 5.79. The quantitative estimate of drug-likeness (QED) is 0.0981. The van der Waals surface area contributed by atoms with E-state index in [-0.39, 0.29) is 5.16 Å². The Kier molecular flexibility index (Phi) is 14.9. The summed E-state index contributed by atoms with van der Waals surface area (Å²) in [5.41, 5.74) is 9.28. The number of thiocarbonyl (C=S) groups is 1. The van der Waals surface area contributed by atoms with Gasteiger partial charge in [-0.15, -0.1) is 9.24 Å². The molecule has 0 radical (unpaired) electrons. The third-order valence-corrected chi connectivity index (χ3v) is 9.44. The van der Waals surface area contributed by atoms with Crippen molar-refractivity contribution in [2.45, 2.75) is 50.2 Å². The number of rotatable bonds is 9. The van der Waals surface area contributed by atoms with Crippen LogP contribution in [0.5, 0.6) is 5.75 Å². The summed E-state index contributed by atoms with van der Waals surface area (Å²) in [5, 5.41) is 5.14. The second-order valence-electron chi connectivity index (χ2n) is 9.84. The van der Waals surface area contributed by atoms with Crippen molar-refractivity contribution in [3.05, 3.63) is 66.7 Å². The molecule has 1 aliphatic rings. The number of alkyl halides is 1. The van der Waals surface area contributed by atoms with Gasteiger partial charge >= 0.3 is 0 Å². The molecule has 1 saturated carbocycles. The Morgan fingerprint density at radius 3 is 2.39 bits per heavy atom. The molecule has 0 spiro atoms. The van der Waals surface area contributed by atoms with E-state index in [2.05, 4.69) is 66.0 Å². The van der Waals surface area contributed by atoms with Gasteiger partial charge in [-0.3, -0.25) is 0 Å². The number of aliphatic imine (C=N–C) groups is 1. The molecule has 9 heteroatoms. The number of nitrogens with zero attached hydrogens (tertiary/aromatic N) is 2. The standard InChI is InChI=1S/C20H33N4OPS2.C9H9Br/c1-15(24(2)3)13-25-17-9-7-16(8-10-17)22-19(27)23-18(21)28-14-20(26)11-5-4-6-12-20;1-8(7-10)9-5-3-2-4-6-9/h7-10,15H,4-6,11-14,26H2,1-3H3,(H3,21,22,23,27);2-6H,1,7H2.